The molecule has 1 aromatic heterocycles. The Kier molecular flexibility index (Phi) is 4.16. The van der Waals surface area contributed by atoms with Gasteiger partial charge in [-0.25, -0.2) is 9.37 Å². The molecule has 1 heterocycles. The predicted molar refractivity (Wildman–Crippen MR) is 66.2 cm³/mol. The van der Waals surface area contributed by atoms with Gasteiger partial charge in [-0.15, -0.1) is 0 Å². The van der Waals surface area contributed by atoms with Crippen molar-refractivity contribution in [3.05, 3.63) is 52.0 Å². The third-order valence-corrected chi connectivity index (χ3v) is 1.98. The van der Waals surface area contributed by atoms with E-state index in [-0.39, 0.29) is 22.8 Å². The van der Waals surface area contributed by atoms with Crippen molar-refractivity contribution in [2.45, 2.75) is 6.92 Å². The minimum atomic E-state index is -0.641. The first-order valence-corrected chi connectivity index (χ1v) is 4.89. The third kappa shape index (κ3) is 3.15. The molecule has 92 valence electrons. The molecule has 0 radical (unpaired) electrons. The van der Waals surface area contributed by atoms with Crippen molar-refractivity contribution in [2.24, 2.45) is 0 Å². The maximum Gasteiger partial charge on any atom is 0.311 e. The number of allylic oxidation sites excluding steroid dienone is 3. The van der Waals surface area contributed by atoms with Gasteiger partial charge in [-0.05, 0) is 18.9 Å². The Morgan fingerprint density at radius 1 is 1.67 bits per heavy atom. The predicted octanol–water partition coefficient (Wildman–Crippen LogP) is 2.35. The summed E-state index contributed by atoms with van der Waals surface area (Å²) >= 11 is 0. The molecule has 18 heavy (non-hydrogen) atoms. The fourth-order valence-electron chi connectivity index (χ4n) is 1.06. The first kappa shape index (κ1) is 13.4. The lowest BCUT2D eigenvalue weighted by atomic mass is 10.2. The average molecular weight is 247 g/mol. The molecule has 0 aliphatic rings. The van der Waals surface area contributed by atoms with E-state index in [0.717, 1.165) is 0 Å². The van der Waals surface area contributed by atoms with E-state index in [4.69, 9.17) is 5.73 Å². The lowest BCUT2D eigenvalue weighted by molar-refractivity contribution is -0.384. The summed E-state index contributed by atoms with van der Waals surface area (Å²) in [4.78, 5) is 13.6. The summed E-state index contributed by atoms with van der Waals surface area (Å²) in [6, 6.07) is 2.53. The molecule has 0 saturated heterocycles. The number of nitrogen functional groups attached to an aromatic ring is 1. The van der Waals surface area contributed by atoms with Gasteiger partial charge in [0.05, 0.1) is 10.5 Å². The number of nitro groups is 1. The maximum absolute atomic E-state index is 13.0. The van der Waals surface area contributed by atoms with Crippen LogP contribution in [0.3, 0.4) is 0 Å². The van der Waals surface area contributed by atoms with Crippen molar-refractivity contribution in [1.29, 1.82) is 0 Å². The molecular weight excluding hydrogens is 237 g/mol. The van der Waals surface area contributed by atoms with E-state index in [1.807, 2.05) is 0 Å². The van der Waals surface area contributed by atoms with Crippen molar-refractivity contribution in [3.8, 4) is 11.8 Å². The van der Waals surface area contributed by atoms with Crippen LogP contribution in [0.25, 0.3) is 0 Å². The third-order valence-electron chi connectivity index (χ3n) is 1.98. The highest BCUT2D eigenvalue weighted by Crippen LogP contribution is 2.18. The number of hydrogen-bond acceptors (Lipinski definition) is 4. The number of pyridine rings is 1. The van der Waals surface area contributed by atoms with Gasteiger partial charge in [-0.3, -0.25) is 10.1 Å². The highest BCUT2D eigenvalue weighted by molar-refractivity contribution is 5.55. The average Bonchev–Trinajstić information content (AvgIpc) is 2.34. The number of halogens is 1. The summed E-state index contributed by atoms with van der Waals surface area (Å²) in [5.74, 6) is 4.21. The summed E-state index contributed by atoms with van der Waals surface area (Å²) < 4.78 is 13.0. The summed E-state index contributed by atoms with van der Waals surface area (Å²) in [6.07, 6.45) is 1.23. The fourth-order valence-corrected chi connectivity index (χ4v) is 1.06. The highest BCUT2D eigenvalue weighted by atomic mass is 19.1. The molecule has 0 aliphatic carbocycles. The molecular formula is C12H10FN3O2. The SMILES string of the molecule is C=C(C#Cc1ccc([N+](=O)[O-])c(N)n1)/C(F)=C\C. The van der Waals surface area contributed by atoms with Crippen LogP contribution in [0.15, 0.2) is 36.2 Å². The second kappa shape index (κ2) is 5.59. The van der Waals surface area contributed by atoms with E-state index >= 15 is 0 Å². The molecule has 2 N–H and O–H groups in total. The van der Waals surface area contributed by atoms with E-state index in [1.54, 1.807) is 0 Å². The molecule has 0 aliphatic heterocycles. The van der Waals surface area contributed by atoms with E-state index < -0.39 is 10.8 Å². The minimum Gasteiger partial charge on any atom is -0.378 e. The molecule has 0 amide bonds. The van der Waals surface area contributed by atoms with Gasteiger partial charge in [0.15, 0.2) is 0 Å². The Morgan fingerprint density at radius 3 is 2.83 bits per heavy atom. The number of nitrogens with zero attached hydrogens (tertiary/aromatic N) is 2. The normalized spacial score (nSPS) is 10.4. The highest BCUT2D eigenvalue weighted by Gasteiger charge is 2.11. The van der Waals surface area contributed by atoms with Gasteiger partial charge in [0.2, 0.25) is 5.82 Å². The van der Waals surface area contributed by atoms with Crippen molar-refractivity contribution in [2.75, 3.05) is 5.73 Å². The number of nitrogens with two attached hydrogens (primary N) is 1. The zero-order valence-electron chi connectivity index (χ0n) is 9.61. The second-order valence-corrected chi connectivity index (χ2v) is 3.22. The molecule has 0 unspecified atom stereocenters. The molecule has 1 aromatic rings. The number of anilines is 1. The van der Waals surface area contributed by atoms with Gasteiger partial charge in [-0.1, -0.05) is 18.6 Å². The van der Waals surface area contributed by atoms with Crippen LogP contribution in [0.4, 0.5) is 15.9 Å². The Hall–Kier alpha value is -2.68. The van der Waals surface area contributed by atoms with Crippen LogP contribution in [0.2, 0.25) is 0 Å². The Labute approximate surface area is 103 Å². The molecule has 0 aromatic carbocycles. The van der Waals surface area contributed by atoms with Crippen LogP contribution < -0.4 is 5.73 Å². The maximum atomic E-state index is 13.0. The van der Waals surface area contributed by atoms with Crippen LogP contribution in [0, 0.1) is 22.0 Å². The van der Waals surface area contributed by atoms with Crippen LogP contribution in [0.1, 0.15) is 12.6 Å². The molecule has 5 nitrogen and oxygen atoms in total. The van der Waals surface area contributed by atoms with Gasteiger partial charge in [0.1, 0.15) is 11.5 Å². The zero-order chi connectivity index (χ0) is 13.7. The lowest BCUT2D eigenvalue weighted by Crippen LogP contribution is -1.99. The van der Waals surface area contributed by atoms with Crippen LogP contribution in [0.5, 0.6) is 0 Å². The van der Waals surface area contributed by atoms with Crippen molar-refractivity contribution < 1.29 is 9.31 Å². The second-order valence-electron chi connectivity index (χ2n) is 3.22. The smallest absolute Gasteiger partial charge is 0.311 e. The Bertz CT molecular complexity index is 597. The summed E-state index contributed by atoms with van der Waals surface area (Å²) in [6.45, 7) is 4.94. The molecule has 0 saturated carbocycles. The van der Waals surface area contributed by atoms with Gasteiger partial charge in [-0.2, -0.15) is 0 Å². The van der Waals surface area contributed by atoms with Crippen LogP contribution >= 0.6 is 0 Å². The van der Waals surface area contributed by atoms with Gasteiger partial charge >= 0.3 is 5.69 Å². The van der Waals surface area contributed by atoms with Crippen LogP contribution in [-0.4, -0.2) is 9.91 Å². The van der Waals surface area contributed by atoms with E-state index in [1.165, 1.54) is 25.1 Å². The first-order chi connectivity index (χ1) is 8.45. The molecule has 0 bridgehead atoms. The van der Waals surface area contributed by atoms with Crippen molar-refractivity contribution >= 4 is 11.5 Å². The van der Waals surface area contributed by atoms with Gasteiger partial charge < -0.3 is 5.73 Å². The van der Waals surface area contributed by atoms with E-state index in [9.17, 15) is 14.5 Å². The molecule has 1 rings (SSSR count). The quantitative estimate of drug-likeness (QED) is 0.376. The van der Waals surface area contributed by atoms with Crippen molar-refractivity contribution in [1.82, 2.24) is 4.98 Å². The number of hydrogen-bond donors (Lipinski definition) is 1. The molecule has 0 spiro atoms. The number of aromatic nitrogens is 1. The van der Waals surface area contributed by atoms with Crippen LogP contribution in [-0.2, 0) is 0 Å². The van der Waals surface area contributed by atoms with Gasteiger partial charge in [0.25, 0.3) is 0 Å². The Balaban J connectivity index is 3.01. The molecule has 6 heteroatoms. The lowest BCUT2D eigenvalue weighted by Gasteiger charge is -1.96. The van der Waals surface area contributed by atoms with Gasteiger partial charge in [0, 0.05) is 6.07 Å². The summed E-state index contributed by atoms with van der Waals surface area (Å²) in [5.41, 5.74) is 5.32. The Morgan fingerprint density at radius 2 is 2.33 bits per heavy atom. The monoisotopic (exact) mass is 247 g/mol. The summed E-state index contributed by atoms with van der Waals surface area (Å²) in [5, 5.41) is 10.5. The topological polar surface area (TPSA) is 82.0 Å². The standard InChI is InChI=1S/C12H10FN3O2/c1-3-10(13)8(2)4-5-9-6-7-11(16(17)18)12(14)15-9/h3,6-7H,2H2,1H3,(H2,14,15)/b10-3+. The van der Waals surface area contributed by atoms with Crippen molar-refractivity contribution in [3.63, 3.8) is 0 Å². The summed E-state index contributed by atoms with van der Waals surface area (Å²) in [7, 11) is 0. The van der Waals surface area contributed by atoms with E-state index in [2.05, 4.69) is 23.4 Å². The zero-order valence-corrected chi connectivity index (χ0v) is 9.61. The molecule has 0 atom stereocenters. The minimum absolute atomic E-state index is 0.0104. The largest absolute Gasteiger partial charge is 0.378 e. The first-order valence-electron chi connectivity index (χ1n) is 4.89. The molecule has 0 fully saturated rings. The number of rotatable bonds is 2. The van der Waals surface area contributed by atoms with E-state index in [0.29, 0.717) is 0 Å². The fraction of sp³-hybridized carbons (Fsp3) is 0.0833.